The zero-order valence-electron chi connectivity index (χ0n) is 5.53. The molecule has 2 unspecified atom stereocenters. The summed E-state index contributed by atoms with van der Waals surface area (Å²) in [6, 6.07) is 0. The summed E-state index contributed by atoms with van der Waals surface area (Å²) in [4.78, 5) is 0. The molecule has 1 aliphatic heterocycles. The van der Waals surface area contributed by atoms with Crippen molar-refractivity contribution < 1.29 is 0 Å². The molecule has 2 heteroatoms. The van der Waals surface area contributed by atoms with Gasteiger partial charge in [0, 0.05) is 11.2 Å². The lowest BCUT2D eigenvalue weighted by Gasteiger charge is -2.12. The minimum absolute atomic E-state index is 0.551. The van der Waals surface area contributed by atoms with E-state index in [0.717, 1.165) is 5.03 Å². The number of fused-ring (bicyclic) bond motifs is 1. The Morgan fingerprint density at radius 2 is 2.10 bits per heavy atom. The fraction of sp³-hybridized carbons (Fsp3) is 0.250. The monoisotopic (exact) mass is 151 g/mol. The van der Waals surface area contributed by atoms with Crippen LogP contribution in [-0.2, 0) is 0 Å². The topological polar surface area (TPSA) is 26.0 Å². The van der Waals surface area contributed by atoms with E-state index in [0.29, 0.717) is 11.2 Å². The molecule has 0 aromatic carbocycles. The minimum atomic E-state index is 0.551. The SMILES string of the molecule is NC1=CC2C=CC=CC2S1. The summed E-state index contributed by atoms with van der Waals surface area (Å²) in [6.07, 6.45) is 10.7. The van der Waals surface area contributed by atoms with Crippen LogP contribution >= 0.6 is 11.8 Å². The normalized spacial score (nSPS) is 35.8. The van der Waals surface area contributed by atoms with Gasteiger partial charge in [-0.05, 0) is 6.08 Å². The molecule has 1 aliphatic carbocycles. The average Bonchev–Trinajstić information content (AvgIpc) is 2.27. The quantitative estimate of drug-likeness (QED) is 0.569. The van der Waals surface area contributed by atoms with Gasteiger partial charge in [0.2, 0.25) is 0 Å². The molecule has 0 amide bonds. The average molecular weight is 151 g/mol. The predicted molar refractivity (Wildman–Crippen MR) is 45.4 cm³/mol. The van der Waals surface area contributed by atoms with Crippen LogP contribution in [0.4, 0.5) is 0 Å². The lowest BCUT2D eigenvalue weighted by molar-refractivity contribution is 0.854. The van der Waals surface area contributed by atoms with Gasteiger partial charge in [-0.15, -0.1) is 11.8 Å². The molecule has 2 rings (SSSR count). The molecule has 0 radical (unpaired) electrons. The molecular weight excluding hydrogens is 142 g/mol. The highest BCUT2D eigenvalue weighted by Crippen LogP contribution is 2.36. The number of hydrogen-bond acceptors (Lipinski definition) is 2. The predicted octanol–water partition coefficient (Wildman–Crippen LogP) is 1.64. The van der Waals surface area contributed by atoms with E-state index in [9.17, 15) is 0 Å². The Morgan fingerprint density at radius 1 is 1.30 bits per heavy atom. The summed E-state index contributed by atoms with van der Waals surface area (Å²) in [7, 11) is 0. The first kappa shape index (κ1) is 6.10. The van der Waals surface area contributed by atoms with Crippen LogP contribution in [0.2, 0.25) is 0 Å². The summed E-state index contributed by atoms with van der Waals surface area (Å²) in [5, 5.41) is 1.54. The van der Waals surface area contributed by atoms with Crippen molar-refractivity contribution in [3.63, 3.8) is 0 Å². The van der Waals surface area contributed by atoms with E-state index in [1.165, 1.54) is 0 Å². The Kier molecular flexibility index (Phi) is 1.34. The molecular formula is C8H9NS. The third-order valence-corrected chi connectivity index (χ3v) is 2.91. The molecule has 0 saturated carbocycles. The van der Waals surface area contributed by atoms with Crippen LogP contribution in [0.5, 0.6) is 0 Å². The van der Waals surface area contributed by atoms with Gasteiger partial charge in [0.05, 0.1) is 5.03 Å². The van der Waals surface area contributed by atoms with E-state index in [4.69, 9.17) is 5.73 Å². The van der Waals surface area contributed by atoms with Crippen LogP contribution in [0.25, 0.3) is 0 Å². The first-order chi connectivity index (χ1) is 4.86. The fourth-order valence-electron chi connectivity index (χ4n) is 1.26. The molecule has 1 nitrogen and oxygen atoms in total. The van der Waals surface area contributed by atoms with Gasteiger partial charge in [0.25, 0.3) is 0 Å². The van der Waals surface area contributed by atoms with Crippen molar-refractivity contribution in [1.82, 2.24) is 0 Å². The summed E-state index contributed by atoms with van der Waals surface area (Å²) in [6.45, 7) is 0. The van der Waals surface area contributed by atoms with Gasteiger partial charge in [0.15, 0.2) is 0 Å². The standard InChI is InChI=1S/C8H9NS/c9-8-5-6-3-1-2-4-7(6)10-8/h1-7H,9H2. The second-order valence-corrected chi connectivity index (χ2v) is 3.75. The molecule has 2 N–H and O–H groups in total. The number of allylic oxidation sites excluding steroid dienone is 4. The second-order valence-electron chi connectivity index (χ2n) is 2.50. The molecule has 0 aromatic rings. The van der Waals surface area contributed by atoms with Gasteiger partial charge < -0.3 is 5.73 Å². The Labute approximate surface area is 64.7 Å². The number of nitrogens with two attached hydrogens (primary N) is 1. The zero-order valence-corrected chi connectivity index (χ0v) is 6.34. The molecule has 52 valence electrons. The first-order valence-electron chi connectivity index (χ1n) is 3.35. The smallest absolute Gasteiger partial charge is 0.0627 e. The molecule has 0 bridgehead atoms. The Morgan fingerprint density at radius 3 is 2.90 bits per heavy atom. The van der Waals surface area contributed by atoms with Crippen LogP contribution < -0.4 is 5.73 Å². The van der Waals surface area contributed by atoms with Crippen LogP contribution in [0.3, 0.4) is 0 Å². The maximum Gasteiger partial charge on any atom is 0.0627 e. The molecule has 0 saturated heterocycles. The van der Waals surface area contributed by atoms with E-state index in [-0.39, 0.29) is 0 Å². The highest BCUT2D eigenvalue weighted by atomic mass is 32.2. The Hall–Kier alpha value is -0.630. The third-order valence-electron chi connectivity index (χ3n) is 1.75. The van der Waals surface area contributed by atoms with Crippen molar-refractivity contribution in [1.29, 1.82) is 0 Å². The van der Waals surface area contributed by atoms with Gasteiger partial charge in [-0.2, -0.15) is 0 Å². The molecule has 0 aromatic heterocycles. The second kappa shape index (κ2) is 2.20. The fourth-order valence-corrected chi connectivity index (χ4v) is 2.30. The van der Waals surface area contributed by atoms with E-state index in [2.05, 4.69) is 30.4 Å². The number of hydrogen-bond donors (Lipinski definition) is 1. The van der Waals surface area contributed by atoms with E-state index in [1.54, 1.807) is 11.8 Å². The lowest BCUT2D eigenvalue weighted by Crippen LogP contribution is -2.07. The van der Waals surface area contributed by atoms with Crippen molar-refractivity contribution in [3.8, 4) is 0 Å². The molecule has 2 atom stereocenters. The van der Waals surface area contributed by atoms with Crippen LogP contribution in [-0.4, -0.2) is 5.25 Å². The maximum absolute atomic E-state index is 5.65. The molecule has 10 heavy (non-hydrogen) atoms. The van der Waals surface area contributed by atoms with E-state index >= 15 is 0 Å². The maximum atomic E-state index is 5.65. The van der Waals surface area contributed by atoms with Gasteiger partial charge in [-0.3, -0.25) is 0 Å². The van der Waals surface area contributed by atoms with E-state index in [1.807, 2.05) is 0 Å². The molecule has 0 spiro atoms. The molecule has 2 aliphatic rings. The van der Waals surface area contributed by atoms with Gasteiger partial charge in [-0.25, -0.2) is 0 Å². The third kappa shape index (κ3) is 0.886. The van der Waals surface area contributed by atoms with Crippen molar-refractivity contribution in [3.05, 3.63) is 35.4 Å². The largest absolute Gasteiger partial charge is 0.394 e. The minimum Gasteiger partial charge on any atom is -0.394 e. The molecule has 0 fully saturated rings. The summed E-state index contributed by atoms with van der Waals surface area (Å²) >= 11 is 1.75. The van der Waals surface area contributed by atoms with Gasteiger partial charge in [-0.1, -0.05) is 24.3 Å². The summed E-state index contributed by atoms with van der Waals surface area (Å²) < 4.78 is 0. The highest BCUT2D eigenvalue weighted by molar-refractivity contribution is 8.04. The highest BCUT2D eigenvalue weighted by Gasteiger charge is 2.23. The van der Waals surface area contributed by atoms with Gasteiger partial charge >= 0.3 is 0 Å². The Balaban J connectivity index is 2.24. The zero-order chi connectivity index (χ0) is 6.97. The van der Waals surface area contributed by atoms with Crippen molar-refractivity contribution in [2.45, 2.75) is 5.25 Å². The van der Waals surface area contributed by atoms with Gasteiger partial charge in [0.1, 0.15) is 0 Å². The van der Waals surface area contributed by atoms with Crippen molar-refractivity contribution >= 4 is 11.8 Å². The van der Waals surface area contributed by atoms with E-state index < -0.39 is 0 Å². The lowest BCUT2D eigenvalue weighted by atomic mass is 10.0. The summed E-state index contributed by atoms with van der Waals surface area (Å²) in [5.74, 6) is 0.551. The first-order valence-corrected chi connectivity index (χ1v) is 4.23. The molecule has 1 heterocycles. The van der Waals surface area contributed by atoms with Crippen LogP contribution in [0, 0.1) is 5.92 Å². The number of rotatable bonds is 0. The Bertz CT molecular complexity index is 227. The summed E-state index contributed by atoms with van der Waals surface area (Å²) in [5.41, 5.74) is 5.65. The van der Waals surface area contributed by atoms with Crippen molar-refractivity contribution in [2.75, 3.05) is 0 Å². The van der Waals surface area contributed by atoms with Crippen LogP contribution in [0.1, 0.15) is 0 Å². The van der Waals surface area contributed by atoms with Crippen molar-refractivity contribution in [2.24, 2.45) is 11.7 Å². The van der Waals surface area contributed by atoms with Crippen LogP contribution in [0.15, 0.2) is 35.4 Å². The number of thioether (sulfide) groups is 1.